The fourth-order valence-corrected chi connectivity index (χ4v) is 3.13. The molecule has 0 saturated heterocycles. The number of alkyl halides is 3. The molecular formula is C12H15F3N2S3. The van der Waals surface area contributed by atoms with E-state index in [-0.39, 0.29) is 29.0 Å². The lowest BCUT2D eigenvalue weighted by Gasteiger charge is -2.15. The second-order valence-corrected chi connectivity index (χ2v) is 6.60. The molecule has 0 amide bonds. The Kier molecular flexibility index (Phi) is 6.97. The number of benzene rings is 1. The van der Waals surface area contributed by atoms with Crippen LogP contribution < -0.4 is 11.1 Å². The van der Waals surface area contributed by atoms with Crippen molar-refractivity contribution in [2.45, 2.75) is 17.3 Å². The van der Waals surface area contributed by atoms with Crippen LogP contribution in [0.3, 0.4) is 0 Å². The molecule has 0 heterocycles. The second-order valence-electron chi connectivity index (χ2n) is 3.70. The molecule has 0 aliphatic rings. The van der Waals surface area contributed by atoms with Crippen molar-refractivity contribution in [2.75, 3.05) is 23.4 Å². The van der Waals surface area contributed by atoms with E-state index in [1.807, 2.05) is 19.1 Å². The fourth-order valence-electron chi connectivity index (χ4n) is 1.56. The molecule has 0 atom stereocenters. The molecule has 0 spiro atoms. The van der Waals surface area contributed by atoms with E-state index in [2.05, 4.69) is 5.32 Å². The van der Waals surface area contributed by atoms with Gasteiger partial charge in [0.25, 0.3) is 0 Å². The van der Waals surface area contributed by atoms with Crippen molar-refractivity contribution in [1.29, 1.82) is 0 Å². The summed E-state index contributed by atoms with van der Waals surface area (Å²) in [6.07, 6.45) is 0. The largest absolute Gasteiger partial charge is 0.441 e. The highest BCUT2D eigenvalue weighted by atomic mass is 32.2. The third kappa shape index (κ3) is 5.80. The van der Waals surface area contributed by atoms with Gasteiger partial charge in [-0.2, -0.15) is 13.2 Å². The topological polar surface area (TPSA) is 38.0 Å². The number of halogens is 3. The molecule has 8 heteroatoms. The minimum absolute atomic E-state index is 0.0503. The van der Waals surface area contributed by atoms with Crippen LogP contribution in [0.2, 0.25) is 0 Å². The Balaban J connectivity index is 2.74. The minimum Gasteiger partial charge on any atom is -0.389 e. The number of thiocarbonyl (C=S) groups is 1. The van der Waals surface area contributed by atoms with E-state index in [0.717, 1.165) is 10.6 Å². The standard InChI is InChI=1S/C12H15F3N2S3/c1-2-19-9-5-3-4-8(10(9)11(16)18)17-6-7-20-12(13,14)15/h3-5,17H,2,6-7H2,1H3,(H2,16,18). The molecule has 0 saturated carbocycles. The van der Waals surface area contributed by atoms with Crippen LogP contribution in [0, 0.1) is 0 Å². The zero-order valence-corrected chi connectivity index (χ0v) is 13.2. The predicted molar refractivity (Wildman–Crippen MR) is 85.7 cm³/mol. The maximum absolute atomic E-state index is 12.0. The second kappa shape index (κ2) is 7.99. The Hall–Kier alpha value is -0.600. The van der Waals surface area contributed by atoms with Crippen molar-refractivity contribution in [2.24, 2.45) is 5.73 Å². The Morgan fingerprint density at radius 2 is 2.10 bits per heavy atom. The SMILES string of the molecule is CCSc1cccc(NCCSC(F)(F)F)c1C(N)=S. The van der Waals surface area contributed by atoms with Crippen molar-refractivity contribution < 1.29 is 13.2 Å². The van der Waals surface area contributed by atoms with Crippen LogP contribution in [0.1, 0.15) is 12.5 Å². The lowest BCUT2D eigenvalue weighted by atomic mass is 10.1. The van der Waals surface area contributed by atoms with Gasteiger partial charge in [0.15, 0.2) is 0 Å². The normalized spacial score (nSPS) is 11.4. The van der Waals surface area contributed by atoms with E-state index >= 15 is 0 Å². The zero-order chi connectivity index (χ0) is 15.2. The highest BCUT2D eigenvalue weighted by Gasteiger charge is 2.27. The molecule has 1 rings (SSSR count). The minimum atomic E-state index is -4.20. The fraction of sp³-hybridized carbons (Fsp3) is 0.417. The number of thioether (sulfide) groups is 2. The summed E-state index contributed by atoms with van der Waals surface area (Å²) in [5.41, 5.74) is 2.89. The number of hydrogen-bond donors (Lipinski definition) is 2. The third-order valence-corrected chi connectivity index (χ3v) is 4.14. The average Bonchev–Trinajstić information content (AvgIpc) is 2.33. The Morgan fingerprint density at radius 3 is 2.65 bits per heavy atom. The van der Waals surface area contributed by atoms with E-state index in [0.29, 0.717) is 11.3 Å². The Labute approximate surface area is 130 Å². The summed E-state index contributed by atoms with van der Waals surface area (Å²) >= 11 is 6.57. The summed E-state index contributed by atoms with van der Waals surface area (Å²) in [4.78, 5) is 1.18. The molecule has 0 aromatic heterocycles. The van der Waals surface area contributed by atoms with Gasteiger partial charge in [-0.25, -0.2) is 0 Å². The van der Waals surface area contributed by atoms with Crippen molar-refractivity contribution in [1.82, 2.24) is 0 Å². The molecule has 0 unspecified atom stereocenters. The number of hydrogen-bond acceptors (Lipinski definition) is 4. The van der Waals surface area contributed by atoms with Gasteiger partial charge in [-0.3, -0.25) is 0 Å². The molecule has 0 radical (unpaired) electrons. The molecule has 1 aromatic carbocycles. The van der Waals surface area contributed by atoms with Crippen LogP contribution in [-0.2, 0) is 0 Å². The first-order valence-corrected chi connectivity index (χ1v) is 8.23. The van der Waals surface area contributed by atoms with E-state index < -0.39 is 5.51 Å². The van der Waals surface area contributed by atoms with Gasteiger partial charge in [0.1, 0.15) is 4.99 Å². The van der Waals surface area contributed by atoms with Crippen molar-refractivity contribution >= 4 is 46.4 Å². The maximum Gasteiger partial charge on any atom is 0.441 e. The molecule has 2 nitrogen and oxygen atoms in total. The Morgan fingerprint density at radius 1 is 1.40 bits per heavy atom. The predicted octanol–water partition coefficient (Wildman–Crippen LogP) is 4.10. The Bertz CT molecular complexity index is 464. The molecule has 1 aromatic rings. The van der Waals surface area contributed by atoms with Crippen molar-refractivity contribution in [3.8, 4) is 0 Å². The molecule has 0 fully saturated rings. The van der Waals surface area contributed by atoms with Crippen LogP contribution in [-0.4, -0.2) is 28.5 Å². The van der Waals surface area contributed by atoms with E-state index in [9.17, 15) is 13.2 Å². The quantitative estimate of drug-likeness (QED) is 0.444. The van der Waals surface area contributed by atoms with Gasteiger partial charge >= 0.3 is 5.51 Å². The van der Waals surface area contributed by atoms with E-state index in [4.69, 9.17) is 18.0 Å². The van der Waals surface area contributed by atoms with E-state index in [1.54, 1.807) is 17.8 Å². The molecule has 0 aliphatic heterocycles. The van der Waals surface area contributed by atoms with Gasteiger partial charge in [-0.1, -0.05) is 25.2 Å². The first kappa shape index (κ1) is 17.5. The van der Waals surface area contributed by atoms with Crippen LogP contribution in [0.5, 0.6) is 0 Å². The first-order chi connectivity index (χ1) is 9.35. The lowest BCUT2D eigenvalue weighted by molar-refractivity contribution is -0.0327. The number of rotatable bonds is 7. The first-order valence-electron chi connectivity index (χ1n) is 5.85. The number of nitrogens with one attached hydrogen (secondary N) is 1. The van der Waals surface area contributed by atoms with E-state index in [1.165, 1.54) is 0 Å². The summed E-state index contributed by atoms with van der Waals surface area (Å²) in [6.45, 7) is 2.20. The number of anilines is 1. The van der Waals surface area contributed by atoms with Gasteiger partial charge in [-0.15, -0.1) is 11.8 Å². The molecule has 0 bridgehead atoms. The summed E-state index contributed by atoms with van der Waals surface area (Å²) < 4.78 is 36.1. The van der Waals surface area contributed by atoms with Gasteiger partial charge in [-0.05, 0) is 29.6 Å². The summed E-state index contributed by atoms with van der Waals surface area (Å²) in [5.74, 6) is 0.800. The van der Waals surface area contributed by atoms with Gasteiger partial charge in [0.2, 0.25) is 0 Å². The van der Waals surface area contributed by atoms with Crippen molar-refractivity contribution in [3.63, 3.8) is 0 Å². The van der Waals surface area contributed by atoms with Gasteiger partial charge in [0, 0.05) is 28.4 Å². The van der Waals surface area contributed by atoms with Gasteiger partial charge in [0.05, 0.1) is 0 Å². The molecule has 20 heavy (non-hydrogen) atoms. The van der Waals surface area contributed by atoms with Crippen LogP contribution in [0.25, 0.3) is 0 Å². The lowest BCUT2D eigenvalue weighted by Crippen LogP contribution is -2.16. The molecule has 112 valence electrons. The van der Waals surface area contributed by atoms with Gasteiger partial charge < -0.3 is 11.1 Å². The third-order valence-electron chi connectivity index (χ3n) is 2.26. The van der Waals surface area contributed by atoms with Crippen molar-refractivity contribution in [3.05, 3.63) is 23.8 Å². The molecule has 3 N–H and O–H groups in total. The summed E-state index contributed by atoms with van der Waals surface area (Å²) in [5, 5.41) is 2.96. The molecule has 0 aliphatic carbocycles. The highest BCUT2D eigenvalue weighted by Crippen LogP contribution is 2.31. The average molecular weight is 340 g/mol. The maximum atomic E-state index is 12.0. The molecular weight excluding hydrogens is 325 g/mol. The smallest absolute Gasteiger partial charge is 0.389 e. The highest BCUT2D eigenvalue weighted by molar-refractivity contribution is 8.00. The van der Waals surface area contributed by atoms with Crippen LogP contribution in [0.15, 0.2) is 23.1 Å². The zero-order valence-electron chi connectivity index (χ0n) is 10.8. The number of nitrogens with two attached hydrogens (primary N) is 1. The van der Waals surface area contributed by atoms with Crippen LogP contribution >= 0.6 is 35.7 Å². The monoisotopic (exact) mass is 340 g/mol. The summed E-state index contributed by atoms with van der Waals surface area (Å²) in [7, 11) is 0. The van der Waals surface area contributed by atoms with Crippen LogP contribution in [0.4, 0.5) is 18.9 Å². The summed E-state index contributed by atoms with van der Waals surface area (Å²) in [6, 6.07) is 5.50.